The molecule has 0 saturated carbocycles. The van der Waals surface area contributed by atoms with E-state index in [-0.39, 0.29) is 24.9 Å². The van der Waals surface area contributed by atoms with Gasteiger partial charge in [0.2, 0.25) is 11.8 Å². The first-order valence-corrected chi connectivity index (χ1v) is 5.44. The standard InChI is InChI=1S/C11H17N3O3/c1-2-14(8-9-4-3-5-17-9)11(16)7-13-10(15)6-12/h3-5H,2,6-8,12H2,1H3,(H,13,15). The molecule has 3 N–H and O–H groups in total. The van der Waals surface area contributed by atoms with E-state index in [1.165, 1.54) is 0 Å². The molecule has 0 radical (unpaired) electrons. The molecule has 1 heterocycles. The van der Waals surface area contributed by atoms with Gasteiger partial charge in [-0.3, -0.25) is 9.59 Å². The second kappa shape index (κ2) is 6.70. The lowest BCUT2D eigenvalue weighted by Crippen LogP contribution is -2.41. The van der Waals surface area contributed by atoms with Gasteiger partial charge < -0.3 is 20.4 Å². The van der Waals surface area contributed by atoms with Crippen LogP contribution in [0.4, 0.5) is 0 Å². The van der Waals surface area contributed by atoms with Crippen molar-refractivity contribution in [3.8, 4) is 0 Å². The van der Waals surface area contributed by atoms with Gasteiger partial charge in [-0.2, -0.15) is 0 Å². The van der Waals surface area contributed by atoms with Crippen LogP contribution >= 0.6 is 0 Å². The number of amides is 2. The molecule has 0 fully saturated rings. The minimum absolute atomic E-state index is 0.0371. The average molecular weight is 239 g/mol. The van der Waals surface area contributed by atoms with Gasteiger partial charge in [-0.05, 0) is 19.1 Å². The Balaban J connectivity index is 2.44. The Bertz CT molecular complexity index is 362. The largest absolute Gasteiger partial charge is 0.467 e. The average Bonchev–Trinajstić information content (AvgIpc) is 2.85. The number of likely N-dealkylation sites (N-methyl/N-ethyl adjacent to an activating group) is 1. The Kier molecular flexibility index (Phi) is 5.22. The van der Waals surface area contributed by atoms with E-state index in [1.54, 1.807) is 23.3 Å². The van der Waals surface area contributed by atoms with Crippen LogP contribution in [0.25, 0.3) is 0 Å². The summed E-state index contributed by atoms with van der Waals surface area (Å²) < 4.78 is 5.16. The van der Waals surface area contributed by atoms with E-state index in [0.717, 1.165) is 0 Å². The zero-order chi connectivity index (χ0) is 12.7. The highest BCUT2D eigenvalue weighted by molar-refractivity contribution is 5.85. The summed E-state index contributed by atoms with van der Waals surface area (Å²) in [5, 5.41) is 2.44. The molecule has 2 amide bonds. The number of nitrogens with zero attached hydrogens (tertiary/aromatic N) is 1. The number of furan rings is 1. The van der Waals surface area contributed by atoms with Crippen molar-refractivity contribution in [1.82, 2.24) is 10.2 Å². The van der Waals surface area contributed by atoms with Crippen LogP contribution in [0, 0.1) is 0 Å². The molecule has 0 aromatic carbocycles. The predicted molar refractivity (Wildman–Crippen MR) is 61.9 cm³/mol. The fourth-order valence-corrected chi connectivity index (χ4v) is 1.33. The Labute approximate surface area is 99.8 Å². The summed E-state index contributed by atoms with van der Waals surface area (Å²) in [6, 6.07) is 3.57. The van der Waals surface area contributed by atoms with Crippen molar-refractivity contribution >= 4 is 11.8 Å². The third kappa shape index (κ3) is 4.28. The number of hydrogen-bond donors (Lipinski definition) is 2. The zero-order valence-corrected chi connectivity index (χ0v) is 9.81. The summed E-state index contributed by atoms with van der Waals surface area (Å²) >= 11 is 0. The minimum Gasteiger partial charge on any atom is -0.467 e. The van der Waals surface area contributed by atoms with E-state index in [2.05, 4.69) is 5.32 Å². The van der Waals surface area contributed by atoms with Gasteiger partial charge in [0.05, 0.1) is 25.9 Å². The van der Waals surface area contributed by atoms with Crippen LogP contribution in [0.15, 0.2) is 22.8 Å². The molecule has 1 aromatic rings. The number of nitrogens with two attached hydrogens (primary N) is 1. The van der Waals surface area contributed by atoms with Crippen LogP contribution in [0.1, 0.15) is 12.7 Å². The van der Waals surface area contributed by atoms with Crippen molar-refractivity contribution in [2.45, 2.75) is 13.5 Å². The van der Waals surface area contributed by atoms with Crippen molar-refractivity contribution in [3.05, 3.63) is 24.2 Å². The molecule has 17 heavy (non-hydrogen) atoms. The number of carbonyl (C=O) groups excluding carboxylic acids is 2. The molecule has 0 bridgehead atoms. The Hall–Kier alpha value is -1.82. The molecule has 0 atom stereocenters. The fraction of sp³-hybridized carbons (Fsp3) is 0.455. The summed E-state index contributed by atoms with van der Waals surface area (Å²) in [6.45, 7) is 2.67. The molecule has 94 valence electrons. The van der Waals surface area contributed by atoms with Gasteiger partial charge >= 0.3 is 0 Å². The second-order valence-electron chi connectivity index (χ2n) is 3.47. The Morgan fingerprint density at radius 2 is 2.29 bits per heavy atom. The molecular weight excluding hydrogens is 222 g/mol. The summed E-state index contributed by atoms with van der Waals surface area (Å²) in [5.41, 5.74) is 5.12. The van der Waals surface area contributed by atoms with Gasteiger partial charge in [0, 0.05) is 6.54 Å². The third-order valence-corrected chi connectivity index (χ3v) is 2.28. The smallest absolute Gasteiger partial charge is 0.242 e. The molecular formula is C11H17N3O3. The number of nitrogens with one attached hydrogen (secondary N) is 1. The topological polar surface area (TPSA) is 88.6 Å². The van der Waals surface area contributed by atoms with E-state index in [9.17, 15) is 9.59 Å². The van der Waals surface area contributed by atoms with Crippen LogP contribution < -0.4 is 11.1 Å². The normalized spacial score (nSPS) is 10.0. The molecule has 1 aromatic heterocycles. The van der Waals surface area contributed by atoms with Crippen molar-refractivity contribution in [3.63, 3.8) is 0 Å². The second-order valence-corrected chi connectivity index (χ2v) is 3.47. The maximum Gasteiger partial charge on any atom is 0.242 e. The van der Waals surface area contributed by atoms with Crippen molar-refractivity contribution in [2.75, 3.05) is 19.6 Å². The van der Waals surface area contributed by atoms with Gasteiger partial charge in [0.15, 0.2) is 0 Å². The lowest BCUT2D eigenvalue weighted by atomic mass is 10.3. The van der Waals surface area contributed by atoms with Crippen LogP contribution in [0.2, 0.25) is 0 Å². The minimum atomic E-state index is -0.340. The SMILES string of the molecule is CCN(Cc1ccco1)C(=O)CNC(=O)CN. The first kappa shape index (κ1) is 13.2. The van der Waals surface area contributed by atoms with Gasteiger partial charge in [-0.1, -0.05) is 0 Å². The van der Waals surface area contributed by atoms with E-state index in [0.29, 0.717) is 18.8 Å². The zero-order valence-electron chi connectivity index (χ0n) is 9.81. The van der Waals surface area contributed by atoms with Gasteiger partial charge in [0.1, 0.15) is 5.76 Å². The van der Waals surface area contributed by atoms with Crippen LogP contribution in [0.5, 0.6) is 0 Å². The van der Waals surface area contributed by atoms with Crippen molar-refractivity contribution < 1.29 is 14.0 Å². The first-order valence-electron chi connectivity index (χ1n) is 5.44. The number of hydrogen-bond acceptors (Lipinski definition) is 4. The van der Waals surface area contributed by atoms with E-state index >= 15 is 0 Å². The third-order valence-electron chi connectivity index (χ3n) is 2.28. The van der Waals surface area contributed by atoms with Gasteiger partial charge in [-0.25, -0.2) is 0 Å². The summed E-state index contributed by atoms with van der Waals surface area (Å²) in [4.78, 5) is 24.3. The highest BCUT2D eigenvalue weighted by atomic mass is 16.3. The molecule has 6 heteroatoms. The van der Waals surface area contributed by atoms with Crippen molar-refractivity contribution in [2.24, 2.45) is 5.73 Å². The molecule has 1 rings (SSSR count). The maximum absolute atomic E-state index is 11.7. The van der Waals surface area contributed by atoms with E-state index in [4.69, 9.17) is 10.2 Å². The van der Waals surface area contributed by atoms with E-state index in [1.807, 2.05) is 6.92 Å². The van der Waals surface area contributed by atoms with Crippen LogP contribution in [-0.2, 0) is 16.1 Å². The fourth-order valence-electron chi connectivity index (χ4n) is 1.33. The molecule has 0 saturated heterocycles. The summed E-state index contributed by atoms with van der Waals surface area (Å²) in [6.07, 6.45) is 1.56. The monoisotopic (exact) mass is 239 g/mol. The predicted octanol–water partition coefficient (Wildman–Crippen LogP) is -0.297. The first-order chi connectivity index (χ1) is 8.17. The van der Waals surface area contributed by atoms with Crippen molar-refractivity contribution in [1.29, 1.82) is 0 Å². The highest BCUT2D eigenvalue weighted by Crippen LogP contribution is 2.05. The summed E-state index contributed by atoms with van der Waals surface area (Å²) in [7, 11) is 0. The molecule has 0 aliphatic rings. The number of carbonyl (C=O) groups is 2. The Morgan fingerprint density at radius 1 is 1.53 bits per heavy atom. The van der Waals surface area contributed by atoms with Crippen LogP contribution in [-0.4, -0.2) is 36.3 Å². The lowest BCUT2D eigenvalue weighted by molar-refractivity contribution is -0.133. The molecule has 0 spiro atoms. The molecule has 6 nitrogen and oxygen atoms in total. The molecule has 0 unspecified atom stereocenters. The van der Waals surface area contributed by atoms with Crippen LogP contribution in [0.3, 0.4) is 0 Å². The lowest BCUT2D eigenvalue weighted by Gasteiger charge is -2.19. The van der Waals surface area contributed by atoms with E-state index < -0.39 is 0 Å². The summed E-state index contributed by atoms with van der Waals surface area (Å²) in [5.74, 6) is 0.212. The molecule has 0 aliphatic carbocycles. The maximum atomic E-state index is 11.7. The van der Waals surface area contributed by atoms with Gasteiger partial charge in [-0.15, -0.1) is 0 Å². The van der Waals surface area contributed by atoms with Gasteiger partial charge in [0.25, 0.3) is 0 Å². The highest BCUT2D eigenvalue weighted by Gasteiger charge is 2.13. The molecule has 0 aliphatic heterocycles. The quantitative estimate of drug-likeness (QED) is 0.713. The Morgan fingerprint density at radius 3 is 2.82 bits per heavy atom. The number of rotatable bonds is 6.